The molecule has 2 aromatic rings. The first-order chi connectivity index (χ1) is 10.5. The van der Waals surface area contributed by atoms with Crippen LogP contribution < -0.4 is 0 Å². The summed E-state index contributed by atoms with van der Waals surface area (Å²) in [6.45, 7) is 3.74. The third-order valence-electron chi connectivity index (χ3n) is 4.18. The summed E-state index contributed by atoms with van der Waals surface area (Å²) < 4.78 is 9.03. The van der Waals surface area contributed by atoms with Gasteiger partial charge in [-0.15, -0.1) is 0 Å². The van der Waals surface area contributed by atoms with Crippen molar-refractivity contribution in [1.29, 1.82) is 0 Å². The van der Waals surface area contributed by atoms with Crippen molar-refractivity contribution >= 4 is 11.8 Å². The van der Waals surface area contributed by atoms with E-state index in [2.05, 4.69) is 4.57 Å². The lowest BCUT2D eigenvalue weighted by atomic mass is 10.1. The zero-order valence-corrected chi connectivity index (χ0v) is 13.1. The molecule has 0 aliphatic heterocycles. The van der Waals surface area contributed by atoms with Crippen molar-refractivity contribution in [3.8, 4) is 0 Å². The molecule has 1 aliphatic carbocycles. The number of Topliss-reactive ketones (excluding diaryl/α,β-unsaturated/α-hetero) is 1. The first kappa shape index (κ1) is 14.6. The highest BCUT2D eigenvalue weighted by Crippen LogP contribution is 2.38. The number of nitrogens with zero attached hydrogens (tertiary/aromatic N) is 2. The van der Waals surface area contributed by atoms with Crippen molar-refractivity contribution in [1.82, 2.24) is 9.13 Å². The Balaban J connectivity index is 1.69. The van der Waals surface area contributed by atoms with Crippen LogP contribution in [-0.4, -0.2) is 27.5 Å². The van der Waals surface area contributed by atoms with Crippen LogP contribution in [0.15, 0.2) is 24.4 Å². The Hall–Kier alpha value is -2.30. The van der Waals surface area contributed by atoms with Crippen molar-refractivity contribution in [2.75, 3.05) is 6.61 Å². The predicted molar refractivity (Wildman–Crippen MR) is 82.2 cm³/mol. The normalized spacial score (nSPS) is 14.1. The third-order valence-corrected chi connectivity index (χ3v) is 4.18. The first-order valence-electron chi connectivity index (χ1n) is 7.49. The Bertz CT molecular complexity index is 735. The molecule has 2 heterocycles. The minimum absolute atomic E-state index is 0.150. The van der Waals surface area contributed by atoms with Gasteiger partial charge in [-0.05, 0) is 44.9 Å². The van der Waals surface area contributed by atoms with Crippen LogP contribution in [0, 0.1) is 13.8 Å². The van der Waals surface area contributed by atoms with Crippen LogP contribution in [0.5, 0.6) is 0 Å². The molecule has 5 nitrogen and oxygen atoms in total. The lowest BCUT2D eigenvalue weighted by Crippen LogP contribution is -2.16. The molecule has 0 saturated heterocycles. The van der Waals surface area contributed by atoms with Crippen molar-refractivity contribution in [2.45, 2.75) is 32.7 Å². The number of ketones is 1. The summed E-state index contributed by atoms with van der Waals surface area (Å²) >= 11 is 0. The highest BCUT2D eigenvalue weighted by molar-refractivity contribution is 6.00. The molecule has 0 amide bonds. The van der Waals surface area contributed by atoms with Gasteiger partial charge in [0.1, 0.15) is 5.69 Å². The highest BCUT2D eigenvalue weighted by atomic mass is 16.5. The number of esters is 1. The molecular formula is C17H20N2O3. The molecule has 22 heavy (non-hydrogen) atoms. The second-order valence-electron chi connectivity index (χ2n) is 5.89. The quantitative estimate of drug-likeness (QED) is 0.630. The molecule has 0 aromatic carbocycles. The Kier molecular flexibility index (Phi) is 3.64. The molecule has 3 rings (SSSR count). The van der Waals surface area contributed by atoms with E-state index in [1.807, 2.05) is 19.9 Å². The van der Waals surface area contributed by atoms with Gasteiger partial charge in [-0.2, -0.15) is 0 Å². The fraction of sp³-hybridized carbons (Fsp3) is 0.412. The van der Waals surface area contributed by atoms with Gasteiger partial charge in [0.15, 0.2) is 6.61 Å². The average molecular weight is 300 g/mol. The van der Waals surface area contributed by atoms with Gasteiger partial charge in [0, 0.05) is 36.2 Å². The summed E-state index contributed by atoms with van der Waals surface area (Å²) in [6.07, 6.45) is 4.11. The van der Waals surface area contributed by atoms with Gasteiger partial charge in [0.25, 0.3) is 0 Å². The van der Waals surface area contributed by atoms with Crippen LogP contribution in [0.25, 0.3) is 0 Å². The summed E-state index contributed by atoms with van der Waals surface area (Å²) in [4.78, 5) is 24.3. The number of carbonyl (C=O) groups excluding carboxylic acids is 2. The van der Waals surface area contributed by atoms with E-state index in [4.69, 9.17) is 4.74 Å². The number of carbonyl (C=O) groups is 2. The summed E-state index contributed by atoms with van der Waals surface area (Å²) in [5.41, 5.74) is 3.16. The van der Waals surface area contributed by atoms with Crippen LogP contribution in [0.1, 0.15) is 51.1 Å². The highest BCUT2D eigenvalue weighted by Gasteiger charge is 2.28. The monoisotopic (exact) mass is 300 g/mol. The molecule has 0 spiro atoms. The fourth-order valence-electron chi connectivity index (χ4n) is 2.91. The Morgan fingerprint density at radius 3 is 2.64 bits per heavy atom. The van der Waals surface area contributed by atoms with Crippen molar-refractivity contribution in [3.05, 3.63) is 47.0 Å². The van der Waals surface area contributed by atoms with E-state index in [1.165, 1.54) is 12.8 Å². The van der Waals surface area contributed by atoms with Gasteiger partial charge >= 0.3 is 5.97 Å². The second-order valence-corrected chi connectivity index (χ2v) is 5.89. The number of rotatable bonds is 5. The maximum atomic E-state index is 12.3. The topological polar surface area (TPSA) is 53.2 Å². The fourth-order valence-corrected chi connectivity index (χ4v) is 2.91. The molecule has 5 heteroatoms. The molecule has 0 atom stereocenters. The van der Waals surface area contributed by atoms with Gasteiger partial charge in [-0.1, -0.05) is 0 Å². The van der Waals surface area contributed by atoms with E-state index in [1.54, 1.807) is 29.9 Å². The average Bonchev–Trinajstić information content (AvgIpc) is 3.14. The minimum Gasteiger partial charge on any atom is -0.453 e. The number of ether oxygens (including phenoxy) is 1. The van der Waals surface area contributed by atoms with E-state index < -0.39 is 5.97 Å². The minimum atomic E-state index is -0.475. The summed E-state index contributed by atoms with van der Waals surface area (Å²) in [7, 11) is 1.77. The van der Waals surface area contributed by atoms with Crippen LogP contribution in [-0.2, 0) is 11.8 Å². The molecule has 0 unspecified atom stereocenters. The SMILES string of the molecule is Cc1cc(C(=O)COC(=O)c2cccn2C)c(C)n1C1CC1. The summed E-state index contributed by atoms with van der Waals surface area (Å²) in [6, 6.07) is 5.87. The summed E-state index contributed by atoms with van der Waals surface area (Å²) in [5.74, 6) is -0.626. The predicted octanol–water partition coefficient (Wildman–Crippen LogP) is 2.82. The number of aromatic nitrogens is 2. The zero-order valence-electron chi connectivity index (χ0n) is 13.1. The maximum absolute atomic E-state index is 12.3. The van der Waals surface area contributed by atoms with Gasteiger partial charge < -0.3 is 13.9 Å². The Morgan fingerprint density at radius 1 is 1.32 bits per heavy atom. The Morgan fingerprint density at radius 2 is 2.05 bits per heavy atom. The molecule has 1 fully saturated rings. The Labute approximate surface area is 129 Å². The van der Waals surface area contributed by atoms with Crippen LogP contribution in [0.4, 0.5) is 0 Å². The van der Waals surface area contributed by atoms with Gasteiger partial charge in [-0.25, -0.2) is 4.79 Å². The number of hydrogen-bond donors (Lipinski definition) is 0. The molecule has 1 aliphatic rings. The van der Waals surface area contributed by atoms with Crippen LogP contribution in [0.3, 0.4) is 0 Å². The lowest BCUT2D eigenvalue weighted by molar-refractivity contribution is 0.0465. The largest absolute Gasteiger partial charge is 0.453 e. The van der Waals surface area contributed by atoms with E-state index in [9.17, 15) is 9.59 Å². The zero-order chi connectivity index (χ0) is 15.9. The third kappa shape index (κ3) is 2.58. The standard InChI is InChI=1S/C17H20N2O3/c1-11-9-14(12(2)19(11)13-6-7-13)16(20)10-22-17(21)15-5-4-8-18(15)3/h4-5,8-9,13H,6-7,10H2,1-3H3. The van der Waals surface area contributed by atoms with E-state index in [0.29, 0.717) is 17.3 Å². The molecule has 0 N–H and O–H groups in total. The van der Waals surface area contributed by atoms with Gasteiger partial charge in [0.05, 0.1) is 0 Å². The van der Waals surface area contributed by atoms with Crippen molar-refractivity contribution in [2.24, 2.45) is 7.05 Å². The van der Waals surface area contributed by atoms with E-state index >= 15 is 0 Å². The van der Waals surface area contributed by atoms with Crippen molar-refractivity contribution in [3.63, 3.8) is 0 Å². The molecule has 2 aromatic heterocycles. The van der Waals surface area contributed by atoms with Gasteiger partial charge in [-0.3, -0.25) is 4.79 Å². The molecule has 0 radical (unpaired) electrons. The lowest BCUT2D eigenvalue weighted by Gasteiger charge is -2.08. The molecular weight excluding hydrogens is 280 g/mol. The van der Waals surface area contributed by atoms with E-state index in [-0.39, 0.29) is 12.4 Å². The van der Waals surface area contributed by atoms with Crippen molar-refractivity contribution < 1.29 is 14.3 Å². The summed E-state index contributed by atoms with van der Waals surface area (Å²) in [5, 5.41) is 0. The maximum Gasteiger partial charge on any atom is 0.355 e. The molecule has 1 saturated carbocycles. The first-order valence-corrected chi connectivity index (χ1v) is 7.49. The molecule has 116 valence electrons. The van der Waals surface area contributed by atoms with Gasteiger partial charge in [0.2, 0.25) is 5.78 Å². The van der Waals surface area contributed by atoms with E-state index in [0.717, 1.165) is 11.4 Å². The van der Waals surface area contributed by atoms with Crippen LogP contribution in [0.2, 0.25) is 0 Å². The molecule has 0 bridgehead atoms. The number of hydrogen-bond acceptors (Lipinski definition) is 3. The smallest absolute Gasteiger partial charge is 0.355 e. The van der Waals surface area contributed by atoms with Crippen LogP contribution >= 0.6 is 0 Å². The number of aryl methyl sites for hydroxylation is 2. The second kappa shape index (κ2) is 5.48.